The molecular weight excluding hydrogens is 217 g/mol. The molecule has 17 heavy (non-hydrogen) atoms. The van der Waals surface area contributed by atoms with Gasteiger partial charge in [-0.25, -0.2) is 4.39 Å². The second-order valence-corrected chi connectivity index (χ2v) is 4.24. The zero-order valence-corrected chi connectivity index (χ0v) is 10.7. The number of hydrogen-bond donors (Lipinski definition) is 1. The fourth-order valence-electron chi connectivity index (χ4n) is 1.90. The number of halogens is 1. The maximum atomic E-state index is 12.7. The molecule has 1 N–H and O–H groups in total. The average Bonchev–Trinajstić information content (AvgIpc) is 2.35. The lowest BCUT2D eigenvalue weighted by molar-refractivity contribution is 0.156. The van der Waals surface area contributed by atoms with E-state index < -0.39 is 6.10 Å². The highest BCUT2D eigenvalue weighted by atomic mass is 19.1. The molecule has 0 unspecified atom stereocenters. The third kappa shape index (κ3) is 4.84. The Labute approximate surface area is 103 Å². The summed E-state index contributed by atoms with van der Waals surface area (Å²) in [6, 6.07) is 6.08. The number of hydrogen-bond acceptors (Lipinski definition) is 2. The summed E-state index contributed by atoms with van der Waals surface area (Å²) >= 11 is 0. The van der Waals surface area contributed by atoms with Crippen LogP contribution in [0, 0.1) is 5.82 Å². The van der Waals surface area contributed by atoms with Crippen LogP contribution in [0.2, 0.25) is 0 Å². The highest BCUT2D eigenvalue weighted by Gasteiger charge is 2.08. The molecule has 3 heteroatoms. The van der Waals surface area contributed by atoms with Gasteiger partial charge < -0.3 is 10.0 Å². The van der Waals surface area contributed by atoms with Crippen LogP contribution >= 0.6 is 0 Å². The Kier molecular flexibility index (Phi) is 6.16. The van der Waals surface area contributed by atoms with E-state index in [1.165, 1.54) is 12.1 Å². The fourth-order valence-corrected chi connectivity index (χ4v) is 1.90. The molecule has 1 rings (SSSR count). The van der Waals surface area contributed by atoms with Crippen LogP contribution in [0.4, 0.5) is 4.39 Å². The minimum Gasteiger partial charge on any atom is -0.388 e. The van der Waals surface area contributed by atoms with Gasteiger partial charge in [0.25, 0.3) is 0 Å². The quantitative estimate of drug-likeness (QED) is 0.790. The standard InChI is InChI=1S/C14H22FNO/c1-3-16(4-2)11-5-6-14(17)12-7-9-13(15)10-8-12/h7-10,14,17H,3-6,11H2,1-2H3/t14-/m0/s1. The number of nitrogens with zero attached hydrogens (tertiary/aromatic N) is 1. The van der Waals surface area contributed by atoms with Crippen molar-refractivity contribution in [3.8, 4) is 0 Å². The summed E-state index contributed by atoms with van der Waals surface area (Å²) in [7, 11) is 0. The average molecular weight is 239 g/mol. The minimum atomic E-state index is -0.480. The molecule has 0 aliphatic rings. The van der Waals surface area contributed by atoms with E-state index in [1.807, 2.05) is 0 Å². The monoisotopic (exact) mass is 239 g/mol. The molecule has 0 saturated carbocycles. The molecule has 0 bridgehead atoms. The summed E-state index contributed by atoms with van der Waals surface area (Å²) in [5, 5.41) is 9.93. The van der Waals surface area contributed by atoms with E-state index in [9.17, 15) is 9.50 Å². The van der Waals surface area contributed by atoms with Crippen molar-refractivity contribution in [3.63, 3.8) is 0 Å². The summed E-state index contributed by atoms with van der Waals surface area (Å²) in [6.45, 7) is 7.37. The molecule has 1 atom stereocenters. The van der Waals surface area contributed by atoms with Crippen molar-refractivity contribution in [1.29, 1.82) is 0 Å². The van der Waals surface area contributed by atoms with Gasteiger partial charge in [-0.1, -0.05) is 26.0 Å². The van der Waals surface area contributed by atoms with E-state index in [0.717, 1.165) is 38.0 Å². The summed E-state index contributed by atoms with van der Waals surface area (Å²) < 4.78 is 12.7. The third-order valence-corrected chi connectivity index (χ3v) is 3.10. The lowest BCUT2D eigenvalue weighted by Crippen LogP contribution is -2.24. The van der Waals surface area contributed by atoms with Crippen LogP contribution < -0.4 is 0 Å². The molecule has 0 aliphatic carbocycles. The number of rotatable bonds is 7. The van der Waals surface area contributed by atoms with Gasteiger partial charge >= 0.3 is 0 Å². The van der Waals surface area contributed by atoms with E-state index in [2.05, 4.69) is 18.7 Å². The van der Waals surface area contributed by atoms with Crippen LogP contribution in [0.25, 0.3) is 0 Å². The smallest absolute Gasteiger partial charge is 0.123 e. The lowest BCUT2D eigenvalue weighted by Gasteiger charge is -2.19. The van der Waals surface area contributed by atoms with Crippen molar-refractivity contribution in [2.75, 3.05) is 19.6 Å². The molecule has 0 heterocycles. The first-order valence-corrected chi connectivity index (χ1v) is 6.33. The molecule has 0 radical (unpaired) electrons. The zero-order valence-electron chi connectivity index (χ0n) is 10.7. The van der Waals surface area contributed by atoms with Crippen molar-refractivity contribution in [2.24, 2.45) is 0 Å². The summed E-state index contributed by atoms with van der Waals surface area (Å²) in [4.78, 5) is 2.33. The van der Waals surface area contributed by atoms with Crippen LogP contribution in [-0.4, -0.2) is 29.6 Å². The number of aliphatic hydroxyl groups excluding tert-OH is 1. The predicted molar refractivity (Wildman–Crippen MR) is 68.4 cm³/mol. The molecule has 0 spiro atoms. The van der Waals surface area contributed by atoms with Gasteiger partial charge in [-0.15, -0.1) is 0 Å². The normalized spacial score (nSPS) is 13.0. The van der Waals surface area contributed by atoms with E-state index in [0.29, 0.717) is 0 Å². The Morgan fingerprint density at radius 1 is 1.18 bits per heavy atom. The van der Waals surface area contributed by atoms with Gasteiger partial charge in [0.15, 0.2) is 0 Å². The van der Waals surface area contributed by atoms with Crippen LogP contribution in [0.5, 0.6) is 0 Å². The first-order chi connectivity index (χ1) is 8.17. The van der Waals surface area contributed by atoms with Crippen molar-refractivity contribution >= 4 is 0 Å². The molecule has 0 saturated heterocycles. The van der Waals surface area contributed by atoms with Crippen molar-refractivity contribution < 1.29 is 9.50 Å². The fraction of sp³-hybridized carbons (Fsp3) is 0.571. The highest BCUT2D eigenvalue weighted by Crippen LogP contribution is 2.18. The summed E-state index contributed by atoms with van der Waals surface area (Å²) in [6.07, 6.45) is 1.20. The Balaban J connectivity index is 2.34. The van der Waals surface area contributed by atoms with Gasteiger partial charge in [0, 0.05) is 0 Å². The van der Waals surface area contributed by atoms with Crippen LogP contribution in [0.3, 0.4) is 0 Å². The van der Waals surface area contributed by atoms with Gasteiger partial charge in [0.2, 0.25) is 0 Å². The minimum absolute atomic E-state index is 0.260. The Morgan fingerprint density at radius 3 is 2.29 bits per heavy atom. The van der Waals surface area contributed by atoms with Crippen LogP contribution in [0.15, 0.2) is 24.3 Å². The molecule has 0 fully saturated rings. The second kappa shape index (κ2) is 7.41. The van der Waals surface area contributed by atoms with Gasteiger partial charge in [-0.3, -0.25) is 0 Å². The highest BCUT2D eigenvalue weighted by molar-refractivity contribution is 5.18. The third-order valence-electron chi connectivity index (χ3n) is 3.10. The lowest BCUT2D eigenvalue weighted by atomic mass is 10.0. The van der Waals surface area contributed by atoms with E-state index in [1.54, 1.807) is 12.1 Å². The molecule has 1 aromatic carbocycles. The van der Waals surface area contributed by atoms with Crippen LogP contribution in [-0.2, 0) is 0 Å². The van der Waals surface area contributed by atoms with Gasteiger partial charge in [0.05, 0.1) is 6.10 Å². The van der Waals surface area contributed by atoms with Gasteiger partial charge in [0.1, 0.15) is 5.82 Å². The summed E-state index contributed by atoms with van der Waals surface area (Å²) in [5.41, 5.74) is 0.797. The Hall–Kier alpha value is -0.930. The van der Waals surface area contributed by atoms with E-state index >= 15 is 0 Å². The zero-order chi connectivity index (χ0) is 12.7. The van der Waals surface area contributed by atoms with Crippen LogP contribution in [0.1, 0.15) is 38.4 Å². The Bertz CT molecular complexity index is 309. The number of aliphatic hydroxyl groups is 1. The number of benzene rings is 1. The first kappa shape index (κ1) is 14.1. The molecule has 0 amide bonds. The molecule has 2 nitrogen and oxygen atoms in total. The molecular formula is C14H22FNO. The SMILES string of the molecule is CCN(CC)CCC[C@H](O)c1ccc(F)cc1. The first-order valence-electron chi connectivity index (χ1n) is 6.33. The van der Waals surface area contributed by atoms with Crippen molar-refractivity contribution in [3.05, 3.63) is 35.6 Å². The Morgan fingerprint density at radius 2 is 1.76 bits per heavy atom. The van der Waals surface area contributed by atoms with E-state index in [-0.39, 0.29) is 5.82 Å². The molecule has 0 aromatic heterocycles. The second-order valence-electron chi connectivity index (χ2n) is 4.24. The molecule has 0 aliphatic heterocycles. The molecule has 96 valence electrons. The molecule has 1 aromatic rings. The van der Waals surface area contributed by atoms with Gasteiger partial charge in [-0.2, -0.15) is 0 Å². The van der Waals surface area contributed by atoms with Crippen molar-refractivity contribution in [2.45, 2.75) is 32.8 Å². The van der Waals surface area contributed by atoms with Crippen molar-refractivity contribution in [1.82, 2.24) is 4.90 Å². The maximum Gasteiger partial charge on any atom is 0.123 e. The predicted octanol–water partition coefficient (Wildman–Crippen LogP) is 2.98. The topological polar surface area (TPSA) is 23.5 Å². The summed E-state index contributed by atoms with van der Waals surface area (Å²) in [5.74, 6) is -0.260. The maximum absolute atomic E-state index is 12.7. The largest absolute Gasteiger partial charge is 0.388 e. The van der Waals surface area contributed by atoms with Gasteiger partial charge in [-0.05, 0) is 50.2 Å². The van der Waals surface area contributed by atoms with E-state index in [4.69, 9.17) is 0 Å².